The van der Waals surface area contributed by atoms with Crippen molar-refractivity contribution in [2.75, 3.05) is 56.2 Å². The third kappa shape index (κ3) is 5.22. The van der Waals surface area contributed by atoms with E-state index in [-0.39, 0.29) is 29.5 Å². The van der Waals surface area contributed by atoms with Gasteiger partial charge in [-0.05, 0) is 31.9 Å². The van der Waals surface area contributed by atoms with Gasteiger partial charge in [-0.3, -0.25) is 9.69 Å². The number of carbonyl (C=O) groups excluding carboxylic acids is 1. The molecule has 2 heterocycles. The fraction of sp³-hybridized carbons (Fsp3) is 0.667. The van der Waals surface area contributed by atoms with E-state index in [1.54, 1.807) is 7.11 Å². The number of ether oxygens (including phenoxy) is 1. The molecule has 2 aliphatic heterocycles. The van der Waals surface area contributed by atoms with Gasteiger partial charge in [-0.15, -0.1) is 0 Å². The van der Waals surface area contributed by atoms with E-state index in [4.69, 9.17) is 4.74 Å². The third-order valence-corrected chi connectivity index (χ3v) is 7.86. The monoisotopic (exact) mass is 423 g/mol. The van der Waals surface area contributed by atoms with Crippen molar-refractivity contribution in [1.29, 1.82) is 0 Å². The fourth-order valence-electron chi connectivity index (χ4n) is 4.31. The summed E-state index contributed by atoms with van der Waals surface area (Å²) in [6, 6.07) is 7.86. The van der Waals surface area contributed by atoms with Gasteiger partial charge < -0.3 is 14.5 Å². The van der Waals surface area contributed by atoms with E-state index in [2.05, 4.69) is 15.9 Å². The van der Waals surface area contributed by atoms with Crippen LogP contribution in [0, 0.1) is 0 Å². The summed E-state index contributed by atoms with van der Waals surface area (Å²) >= 11 is 0. The minimum atomic E-state index is -3.02. The van der Waals surface area contributed by atoms with Crippen LogP contribution in [0.2, 0.25) is 0 Å². The smallest absolute Gasteiger partial charge is 0.237 e. The number of anilines is 1. The predicted molar refractivity (Wildman–Crippen MR) is 115 cm³/mol. The van der Waals surface area contributed by atoms with Gasteiger partial charge in [0.2, 0.25) is 5.91 Å². The van der Waals surface area contributed by atoms with E-state index in [9.17, 15) is 13.2 Å². The Morgan fingerprint density at radius 3 is 2.52 bits per heavy atom. The molecule has 0 N–H and O–H groups in total. The molecule has 7 nitrogen and oxygen atoms in total. The number of para-hydroxylation sites is 2. The van der Waals surface area contributed by atoms with Gasteiger partial charge in [-0.2, -0.15) is 0 Å². The SMILES string of the molecule is CC[C@@H](C)N(C(=O)CN1CCN(c2ccccc2OC)CC1)[C@@H]1CCS(=O)(=O)C1. The molecule has 0 saturated carbocycles. The highest BCUT2D eigenvalue weighted by atomic mass is 32.2. The van der Waals surface area contributed by atoms with Crippen molar-refractivity contribution >= 4 is 21.4 Å². The van der Waals surface area contributed by atoms with Crippen LogP contribution in [0.3, 0.4) is 0 Å². The molecule has 0 spiro atoms. The van der Waals surface area contributed by atoms with Gasteiger partial charge in [0, 0.05) is 38.3 Å². The highest BCUT2D eigenvalue weighted by Crippen LogP contribution is 2.28. The molecule has 8 heteroatoms. The molecule has 2 aliphatic rings. The maximum absolute atomic E-state index is 13.1. The van der Waals surface area contributed by atoms with E-state index >= 15 is 0 Å². The standard InChI is InChI=1S/C21H33N3O4S/c1-4-17(2)24(18-9-14-29(26,27)16-18)21(25)15-22-10-12-23(13-11-22)19-7-5-6-8-20(19)28-3/h5-8,17-18H,4,9-16H2,1-3H3/t17-,18-/m1/s1. The summed E-state index contributed by atoms with van der Waals surface area (Å²) in [7, 11) is -1.34. The van der Waals surface area contributed by atoms with Gasteiger partial charge in [-0.25, -0.2) is 8.42 Å². The Kier molecular flexibility index (Phi) is 7.05. The first-order valence-electron chi connectivity index (χ1n) is 10.5. The van der Waals surface area contributed by atoms with Crippen LogP contribution in [0.4, 0.5) is 5.69 Å². The summed E-state index contributed by atoms with van der Waals surface area (Å²) in [6.45, 7) is 7.65. The number of nitrogens with zero attached hydrogens (tertiary/aromatic N) is 3. The summed E-state index contributed by atoms with van der Waals surface area (Å²) in [5.74, 6) is 1.20. The quantitative estimate of drug-likeness (QED) is 0.664. The highest BCUT2D eigenvalue weighted by Gasteiger charge is 2.37. The number of amides is 1. The van der Waals surface area contributed by atoms with Crippen molar-refractivity contribution in [2.24, 2.45) is 0 Å². The molecule has 0 unspecified atom stereocenters. The predicted octanol–water partition coefficient (Wildman–Crippen LogP) is 1.63. The van der Waals surface area contributed by atoms with Gasteiger partial charge in [0.1, 0.15) is 5.75 Å². The average Bonchev–Trinajstić information content (AvgIpc) is 3.07. The van der Waals surface area contributed by atoms with E-state index in [0.29, 0.717) is 13.0 Å². The third-order valence-electron chi connectivity index (χ3n) is 6.11. The van der Waals surface area contributed by atoms with E-state index in [1.807, 2.05) is 36.9 Å². The second-order valence-corrected chi connectivity index (χ2v) is 10.3. The van der Waals surface area contributed by atoms with Crippen LogP contribution in [0.15, 0.2) is 24.3 Å². The van der Waals surface area contributed by atoms with Crippen molar-refractivity contribution in [3.8, 4) is 5.75 Å². The summed E-state index contributed by atoms with van der Waals surface area (Å²) in [5, 5.41) is 0. The van der Waals surface area contributed by atoms with Crippen LogP contribution in [-0.4, -0.2) is 87.5 Å². The molecule has 3 rings (SSSR count). The molecule has 0 bridgehead atoms. The van der Waals surface area contributed by atoms with Gasteiger partial charge in [0.05, 0.1) is 30.8 Å². The van der Waals surface area contributed by atoms with Crippen LogP contribution in [0.5, 0.6) is 5.75 Å². The van der Waals surface area contributed by atoms with Crippen LogP contribution < -0.4 is 9.64 Å². The zero-order valence-electron chi connectivity index (χ0n) is 17.7. The van der Waals surface area contributed by atoms with Gasteiger partial charge in [0.15, 0.2) is 9.84 Å². The van der Waals surface area contributed by atoms with E-state index in [1.165, 1.54) is 0 Å². The van der Waals surface area contributed by atoms with Crippen molar-refractivity contribution in [2.45, 2.75) is 38.8 Å². The first kappa shape index (κ1) is 21.9. The van der Waals surface area contributed by atoms with E-state index in [0.717, 1.165) is 44.0 Å². The second-order valence-electron chi connectivity index (χ2n) is 8.05. The zero-order valence-corrected chi connectivity index (χ0v) is 18.5. The summed E-state index contributed by atoms with van der Waals surface area (Å²) in [6.07, 6.45) is 1.38. The highest BCUT2D eigenvalue weighted by molar-refractivity contribution is 7.91. The Bertz CT molecular complexity index is 806. The van der Waals surface area contributed by atoms with Gasteiger partial charge in [0.25, 0.3) is 0 Å². The Labute approximate surface area is 174 Å². The summed E-state index contributed by atoms with van der Waals surface area (Å²) < 4.78 is 29.3. The number of sulfone groups is 1. The molecule has 2 atom stereocenters. The Hall–Kier alpha value is -1.80. The first-order valence-corrected chi connectivity index (χ1v) is 12.3. The molecule has 2 fully saturated rings. The molecule has 0 aromatic heterocycles. The van der Waals surface area contributed by atoms with Crippen molar-refractivity contribution < 1.29 is 17.9 Å². The first-order chi connectivity index (χ1) is 13.8. The minimum absolute atomic E-state index is 0.0483. The maximum Gasteiger partial charge on any atom is 0.237 e. The zero-order chi connectivity index (χ0) is 21.0. The molecule has 0 aliphatic carbocycles. The molecule has 1 aromatic rings. The van der Waals surface area contributed by atoms with E-state index < -0.39 is 9.84 Å². The lowest BCUT2D eigenvalue weighted by atomic mass is 10.1. The van der Waals surface area contributed by atoms with Crippen molar-refractivity contribution in [3.05, 3.63) is 24.3 Å². The number of carbonyl (C=O) groups is 1. The fourth-order valence-corrected chi connectivity index (χ4v) is 6.02. The maximum atomic E-state index is 13.1. The Morgan fingerprint density at radius 1 is 1.24 bits per heavy atom. The summed E-state index contributed by atoms with van der Waals surface area (Å²) in [5.41, 5.74) is 1.08. The largest absolute Gasteiger partial charge is 0.495 e. The van der Waals surface area contributed by atoms with Gasteiger partial charge >= 0.3 is 0 Å². The normalized spacial score (nSPS) is 23.0. The van der Waals surface area contributed by atoms with Gasteiger partial charge in [-0.1, -0.05) is 19.1 Å². The lowest BCUT2D eigenvalue weighted by Crippen LogP contribution is -2.53. The number of benzene rings is 1. The minimum Gasteiger partial charge on any atom is -0.495 e. The molecule has 29 heavy (non-hydrogen) atoms. The Balaban J connectivity index is 1.60. The molecular formula is C21H33N3O4S. The van der Waals surface area contributed by atoms with Crippen LogP contribution >= 0.6 is 0 Å². The van der Waals surface area contributed by atoms with Crippen LogP contribution in [0.25, 0.3) is 0 Å². The molecule has 0 radical (unpaired) electrons. The van der Waals surface area contributed by atoms with Crippen LogP contribution in [0.1, 0.15) is 26.7 Å². The molecule has 1 amide bonds. The number of hydrogen-bond donors (Lipinski definition) is 0. The van der Waals surface area contributed by atoms with Crippen molar-refractivity contribution in [1.82, 2.24) is 9.80 Å². The average molecular weight is 424 g/mol. The molecule has 2 saturated heterocycles. The second kappa shape index (κ2) is 9.34. The molecule has 1 aromatic carbocycles. The lowest BCUT2D eigenvalue weighted by Gasteiger charge is -2.39. The Morgan fingerprint density at radius 2 is 1.93 bits per heavy atom. The number of piperazine rings is 1. The molecular weight excluding hydrogens is 390 g/mol. The number of hydrogen-bond acceptors (Lipinski definition) is 6. The number of methoxy groups -OCH3 is 1. The summed E-state index contributed by atoms with van der Waals surface area (Å²) in [4.78, 5) is 19.4. The number of rotatable bonds is 7. The van der Waals surface area contributed by atoms with Crippen LogP contribution in [-0.2, 0) is 14.6 Å². The lowest BCUT2D eigenvalue weighted by molar-refractivity contribution is -0.136. The van der Waals surface area contributed by atoms with Crippen molar-refractivity contribution in [3.63, 3.8) is 0 Å². The molecule has 162 valence electrons. The topological polar surface area (TPSA) is 70.2 Å².